The Morgan fingerprint density at radius 2 is 2.06 bits per heavy atom. The molecule has 98 valence electrons. The van der Waals surface area contributed by atoms with E-state index in [1.807, 2.05) is 7.05 Å². The second kappa shape index (κ2) is 4.77. The summed E-state index contributed by atoms with van der Waals surface area (Å²) in [6.07, 6.45) is 1.11. The minimum Gasteiger partial charge on any atom is -0.459 e. The van der Waals surface area contributed by atoms with Crippen molar-refractivity contribution in [3.63, 3.8) is 0 Å². The average Bonchev–Trinajstić information content (AvgIpc) is 2.74. The molecule has 1 atom stereocenters. The van der Waals surface area contributed by atoms with E-state index in [0.717, 1.165) is 17.8 Å². The second-order valence-electron chi connectivity index (χ2n) is 5.71. The molecule has 18 heavy (non-hydrogen) atoms. The molecule has 0 aliphatic carbocycles. The van der Waals surface area contributed by atoms with Gasteiger partial charge in [-0.2, -0.15) is 0 Å². The maximum atomic E-state index is 6.08. The van der Waals surface area contributed by atoms with Gasteiger partial charge in [0.25, 0.3) is 0 Å². The summed E-state index contributed by atoms with van der Waals surface area (Å²) in [4.78, 5) is 0. The zero-order valence-corrected chi connectivity index (χ0v) is 12.0. The van der Waals surface area contributed by atoms with Gasteiger partial charge < -0.3 is 9.73 Å². The molecule has 2 aromatic rings. The van der Waals surface area contributed by atoms with Crippen LogP contribution in [0.5, 0.6) is 0 Å². The summed E-state index contributed by atoms with van der Waals surface area (Å²) in [5, 5.41) is 4.59. The molecule has 0 aliphatic heterocycles. The lowest BCUT2D eigenvalue weighted by Gasteiger charge is -2.31. The molecular formula is C16H23NO. The van der Waals surface area contributed by atoms with Crippen molar-refractivity contribution >= 4 is 11.0 Å². The summed E-state index contributed by atoms with van der Waals surface area (Å²) < 4.78 is 6.08. The fourth-order valence-electron chi connectivity index (χ4n) is 2.49. The minimum atomic E-state index is 0.177. The topological polar surface area (TPSA) is 25.2 Å². The third kappa shape index (κ3) is 2.17. The van der Waals surface area contributed by atoms with Gasteiger partial charge in [0.15, 0.2) is 0 Å². The van der Waals surface area contributed by atoms with Crippen LogP contribution in [0, 0.1) is 12.3 Å². The van der Waals surface area contributed by atoms with Crippen LogP contribution < -0.4 is 5.32 Å². The first-order valence-corrected chi connectivity index (χ1v) is 6.66. The highest BCUT2D eigenvalue weighted by Gasteiger charge is 2.30. The molecule has 1 heterocycles. The van der Waals surface area contributed by atoms with Crippen molar-refractivity contribution in [2.45, 2.75) is 40.2 Å². The lowest BCUT2D eigenvalue weighted by molar-refractivity contribution is 0.219. The number of hydrogen-bond donors (Lipinski definition) is 1. The van der Waals surface area contributed by atoms with Crippen molar-refractivity contribution in [2.24, 2.45) is 5.41 Å². The Morgan fingerprint density at radius 1 is 1.33 bits per heavy atom. The Balaban J connectivity index is 2.50. The van der Waals surface area contributed by atoms with Gasteiger partial charge in [-0.1, -0.05) is 39.0 Å². The van der Waals surface area contributed by atoms with Gasteiger partial charge in [-0.15, -0.1) is 0 Å². The number of aryl methyl sites for hydroxylation is 1. The van der Waals surface area contributed by atoms with Crippen molar-refractivity contribution in [3.05, 3.63) is 35.6 Å². The molecular weight excluding hydrogens is 222 g/mol. The second-order valence-corrected chi connectivity index (χ2v) is 5.71. The SMILES string of the molecule is CCC(C)(C)C(NC)c1cc2cccc(C)c2o1. The quantitative estimate of drug-likeness (QED) is 0.861. The summed E-state index contributed by atoms with van der Waals surface area (Å²) >= 11 is 0. The molecule has 0 aliphatic rings. The standard InChI is InChI=1S/C16H23NO/c1-6-16(3,4)15(17-5)13-10-12-9-7-8-11(2)14(12)18-13/h7-10,15,17H,6H2,1-5H3. The molecule has 0 bridgehead atoms. The van der Waals surface area contributed by atoms with E-state index < -0.39 is 0 Å². The van der Waals surface area contributed by atoms with E-state index in [1.165, 1.54) is 10.9 Å². The third-order valence-corrected chi connectivity index (χ3v) is 4.03. The maximum Gasteiger partial charge on any atom is 0.137 e. The molecule has 0 radical (unpaired) electrons. The van der Waals surface area contributed by atoms with E-state index in [9.17, 15) is 0 Å². The maximum absolute atomic E-state index is 6.08. The Bertz CT molecular complexity index is 539. The molecule has 2 nitrogen and oxygen atoms in total. The predicted octanol–water partition coefficient (Wildman–Crippen LogP) is 4.44. The number of fused-ring (bicyclic) bond motifs is 1. The molecule has 2 rings (SSSR count). The molecule has 1 unspecified atom stereocenters. The van der Waals surface area contributed by atoms with E-state index in [2.05, 4.69) is 57.3 Å². The van der Waals surface area contributed by atoms with Gasteiger partial charge in [-0.3, -0.25) is 0 Å². The van der Waals surface area contributed by atoms with Gasteiger partial charge in [0, 0.05) is 5.39 Å². The molecule has 1 aromatic heterocycles. The normalized spacial score (nSPS) is 14.1. The van der Waals surface area contributed by atoms with Crippen LogP contribution >= 0.6 is 0 Å². The van der Waals surface area contributed by atoms with Gasteiger partial charge in [-0.05, 0) is 37.4 Å². The summed E-state index contributed by atoms with van der Waals surface area (Å²) in [5.41, 5.74) is 2.39. The van der Waals surface area contributed by atoms with Crippen LogP contribution in [0.25, 0.3) is 11.0 Å². The van der Waals surface area contributed by atoms with Crippen LogP contribution in [-0.2, 0) is 0 Å². The number of hydrogen-bond acceptors (Lipinski definition) is 2. The highest BCUT2D eigenvalue weighted by molar-refractivity contribution is 5.81. The number of benzene rings is 1. The van der Waals surface area contributed by atoms with Crippen molar-refractivity contribution in [1.82, 2.24) is 5.32 Å². The summed E-state index contributed by atoms with van der Waals surface area (Å²) in [7, 11) is 2.00. The highest BCUT2D eigenvalue weighted by Crippen LogP contribution is 2.38. The Morgan fingerprint density at radius 3 is 2.61 bits per heavy atom. The van der Waals surface area contributed by atoms with E-state index in [0.29, 0.717) is 0 Å². The van der Waals surface area contributed by atoms with Gasteiger partial charge in [-0.25, -0.2) is 0 Å². The van der Waals surface area contributed by atoms with Gasteiger partial charge >= 0.3 is 0 Å². The number of furan rings is 1. The monoisotopic (exact) mass is 245 g/mol. The predicted molar refractivity (Wildman–Crippen MR) is 76.8 cm³/mol. The van der Waals surface area contributed by atoms with Crippen molar-refractivity contribution in [1.29, 1.82) is 0 Å². The number of para-hydroxylation sites is 1. The molecule has 0 saturated carbocycles. The first kappa shape index (κ1) is 13.2. The van der Waals surface area contributed by atoms with Crippen molar-refractivity contribution in [2.75, 3.05) is 7.05 Å². The van der Waals surface area contributed by atoms with Crippen molar-refractivity contribution in [3.8, 4) is 0 Å². The Hall–Kier alpha value is -1.28. The van der Waals surface area contributed by atoms with E-state index in [1.54, 1.807) is 0 Å². The minimum absolute atomic E-state index is 0.177. The molecule has 0 amide bonds. The molecule has 1 aromatic carbocycles. The first-order chi connectivity index (χ1) is 8.49. The fourth-order valence-corrected chi connectivity index (χ4v) is 2.49. The molecule has 2 heteroatoms. The van der Waals surface area contributed by atoms with Gasteiger partial charge in [0.1, 0.15) is 11.3 Å². The summed E-state index contributed by atoms with van der Waals surface area (Å²) in [6.45, 7) is 8.86. The molecule has 1 N–H and O–H groups in total. The molecule has 0 saturated heterocycles. The van der Waals surface area contributed by atoms with Crippen LogP contribution in [0.1, 0.15) is 44.6 Å². The lowest BCUT2D eigenvalue weighted by Crippen LogP contribution is -2.31. The van der Waals surface area contributed by atoms with E-state index in [-0.39, 0.29) is 11.5 Å². The van der Waals surface area contributed by atoms with Crippen LogP contribution in [0.2, 0.25) is 0 Å². The summed E-state index contributed by atoms with van der Waals surface area (Å²) in [5.74, 6) is 1.04. The van der Waals surface area contributed by atoms with Gasteiger partial charge in [0.05, 0.1) is 6.04 Å². The molecule has 0 spiro atoms. The Kier molecular flexibility index (Phi) is 3.49. The van der Waals surface area contributed by atoms with E-state index >= 15 is 0 Å². The zero-order valence-electron chi connectivity index (χ0n) is 12.0. The first-order valence-electron chi connectivity index (χ1n) is 6.66. The van der Waals surface area contributed by atoms with Gasteiger partial charge in [0.2, 0.25) is 0 Å². The van der Waals surface area contributed by atoms with Crippen LogP contribution in [-0.4, -0.2) is 7.05 Å². The molecule has 0 fully saturated rings. The number of rotatable bonds is 4. The highest BCUT2D eigenvalue weighted by atomic mass is 16.3. The fraction of sp³-hybridized carbons (Fsp3) is 0.500. The third-order valence-electron chi connectivity index (χ3n) is 4.03. The van der Waals surface area contributed by atoms with Crippen LogP contribution in [0.3, 0.4) is 0 Å². The van der Waals surface area contributed by atoms with E-state index in [4.69, 9.17) is 4.42 Å². The van der Waals surface area contributed by atoms with Crippen molar-refractivity contribution < 1.29 is 4.42 Å². The lowest BCUT2D eigenvalue weighted by atomic mass is 9.80. The average molecular weight is 245 g/mol. The van der Waals surface area contributed by atoms with Crippen LogP contribution in [0.4, 0.5) is 0 Å². The zero-order chi connectivity index (χ0) is 13.3. The van der Waals surface area contributed by atoms with Crippen LogP contribution in [0.15, 0.2) is 28.7 Å². The largest absolute Gasteiger partial charge is 0.459 e. The Labute approximate surface area is 109 Å². The smallest absolute Gasteiger partial charge is 0.137 e. The number of nitrogens with one attached hydrogen (secondary N) is 1. The summed E-state index contributed by atoms with van der Waals surface area (Å²) in [6, 6.07) is 8.70.